The number of rotatable bonds is 7. The molecule has 7 heteroatoms. The van der Waals surface area contributed by atoms with E-state index < -0.39 is 17.6 Å². The van der Waals surface area contributed by atoms with E-state index in [1.54, 1.807) is 11.8 Å². The van der Waals surface area contributed by atoms with Gasteiger partial charge in [0.2, 0.25) is 0 Å². The zero-order chi connectivity index (χ0) is 15.2. The van der Waals surface area contributed by atoms with E-state index >= 15 is 0 Å². The normalized spacial score (nSPS) is 13.5. The highest BCUT2D eigenvalue weighted by Crippen LogP contribution is 2.30. The van der Waals surface area contributed by atoms with Gasteiger partial charge in [-0.3, -0.25) is 0 Å². The monoisotopic (exact) mass is 311 g/mol. The lowest BCUT2D eigenvalue weighted by molar-refractivity contribution is -0.137. The molecule has 2 nitrogen and oxygen atoms in total. The van der Waals surface area contributed by atoms with Gasteiger partial charge in [-0.2, -0.15) is 24.9 Å². The van der Waals surface area contributed by atoms with Crippen molar-refractivity contribution in [2.24, 2.45) is 0 Å². The molecule has 0 aliphatic carbocycles. The number of benzene rings is 1. The zero-order valence-electron chi connectivity index (χ0n) is 11.0. The van der Waals surface area contributed by atoms with Crippen LogP contribution in [0.4, 0.5) is 17.6 Å². The summed E-state index contributed by atoms with van der Waals surface area (Å²) in [5.74, 6) is -0.178. The highest BCUT2D eigenvalue weighted by molar-refractivity contribution is 7.98. The van der Waals surface area contributed by atoms with Gasteiger partial charge in [0.05, 0.1) is 5.56 Å². The minimum Gasteiger partial charge on any atom is -0.396 e. The first-order valence-corrected chi connectivity index (χ1v) is 7.46. The molecule has 1 aromatic rings. The molecule has 20 heavy (non-hydrogen) atoms. The van der Waals surface area contributed by atoms with Gasteiger partial charge in [-0.25, -0.2) is 4.39 Å². The average Bonchev–Trinajstić information content (AvgIpc) is 2.35. The molecule has 0 radical (unpaired) electrons. The Balaban J connectivity index is 2.74. The smallest absolute Gasteiger partial charge is 0.396 e. The third-order valence-corrected chi connectivity index (χ3v) is 3.46. The van der Waals surface area contributed by atoms with Gasteiger partial charge in [0.15, 0.2) is 0 Å². The Hall–Kier alpha value is -0.790. The van der Waals surface area contributed by atoms with Crippen LogP contribution < -0.4 is 5.32 Å². The van der Waals surface area contributed by atoms with Crippen molar-refractivity contribution >= 4 is 11.8 Å². The van der Waals surface area contributed by atoms with E-state index in [0.29, 0.717) is 12.5 Å². The Kier molecular flexibility index (Phi) is 6.78. The molecule has 0 saturated carbocycles. The van der Waals surface area contributed by atoms with E-state index in [4.69, 9.17) is 5.11 Å². The average molecular weight is 311 g/mol. The molecule has 1 aromatic carbocycles. The van der Waals surface area contributed by atoms with Gasteiger partial charge in [0.1, 0.15) is 5.82 Å². The Morgan fingerprint density at radius 3 is 2.55 bits per heavy atom. The van der Waals surface area contributed by atoms with Crippen LogP contribution in [0.15, 0.2) is 18.2 Å². The van der Waals surface area contributed by atoms with Crippen molar-refractivity contribution in [2.45, 2.75) is 25.2 Å². The lowest BCUT2D eigenvalue weighted by Crippen LogP contribution is -2.31. The summed E-state index contributed by atoms with van der Waals surface area (Å²) in [5.41, 5.74) is -0.751. The van der Waals surface area contributed by atoms with E-state index in [9.17, 15) is 17.6 Å². The van der Waals surface area contributed by atoms with Gasteiger partial charge in [0, 0.05) is 24.9 Å². The highest BCUT2D eigenvalue weighted by atomic mass is 32.2. The molecule has 0 fully saturated rings. The minimum atomic E-state index is -4.55. The van der Waals surface area contributed by atoms with E-state index in [-0.39, 0.29) is 24.8 Å². The Morgan fingerprint density at radius 2 is 2.00 bits per heavy atom. The van der Waals surface area contributed by atoms with Gasteiger partial charge >= 0.3 is 6.18 Å². The topological polar surface area (TPSA) is 32.3 Å². The molecule has 0 aliphatic heterocycles. The van der Waals surface area contributed by atoms with E-state index in [0.717, 1.165) is 17.9 Å². The molecule has 114 valence electrons. The molecule has 1 unspecified atom stereocenters. The first-order valence-electron chi connectivity index (χ1n) is 6.06. The summed E-state index contributed by atoms with van der Waals surface area (Å²) in [6.07, 6.45) is -2.15. The second-order valence-electron chi connectivity index (χ2n) is 4.39. The predicted molar refractivity (Wildman–Crippen MR) is 72.1 cm³/mol. The van der Waals surface area contributed by atoms with Crippen LogP contribution in [0.25, 0.3) is 0 Å². The van der Waals surface area contributed by atoms with Crippen LogP contribution in [0.1, 0.15) is 17.5 Å². The molecule has 1 rings (SSSR count). The number of aliphatic hydroxyl groups is 1. The summed E-state index contributed by atoms with van der Waals surface area (Å²) in [7, 11) is 0. The quantitative estimate of drug-likeness (QED) is 0.759. The summed E-state index contributed by atoms with van der Waals surface area (Å²) >= 11 is 1.57. The number of hydrogen-bond donors (Lipinski definition) is 2. The van der Waals surface area contributed by atoms with Crippen molar-refractivity contribution in [2.75, 3.05) is 18.6 Å². The largest absolute Gasteiger partial charge is 0.416 e. The molecule has 0 aliphatic rings. The van der Waals surface area contributed by atoms with Crippen molar-refractivity contribution in [3.8, 4) is 0 Å². The predicted octanol–water partition coefficient (Wildman–Crippen LogP) is 3.05. The Bertz CT molecular complexity index is 419. The van der Waals surface area contributed by atoms with Crippen molar-refractivity contribution in [1.82, 2.24) is 5.32 Å². The van der Waals surface area contributed by atoms with E-state index in [1.807, 2.05) is 6.26 Å². The second kappa shape index (κ2) is 7.85. The summed E-state index contributed by atoms with van der Waals surface area (Å²) in [6.45, 7) is 0.126. The van der Waals surface area contributed by atoms with Gasteiger partial charge in [-0.15, -0.1) is 0 Å². The highest BCUT2D eigenvalue weighted by Gasteiger charge is 2.31. The molecule has 0 heterocycles. The number of thioether (sulfide) groups is 1. The molecular formula is C13H17F4NOS. The van der Waals surface area contributed by atoms with Crippen LogP contribution in [0.5, 0.6) is 0 Å². The van der Waals surface area contributed by atoms with Gasteiger partial charge < -0.3 is 10.4 Å². The Labute approximate surface area is 119 Å². The fraction of sp³-hybridized carbons (Fsp3) is 0.538. The van der Waals surface area contributed by atoms with Gasteiger partial charge in [0.25, 0.3) is 0 Å². The fourth-order valence-electron chi connectivity index (χ4n) is 1.78. The minimum absolute atomic E-state index is 0.00478. The molecule has 0 spiro atoms. The van der Waals surface area contributed by atoms with E-state index in [2.05, 4.69) is 5.32 Å². The number of aliphatic hydroxyl groups excluding tert-OH is 1. The molecule has 0 aromatic heterocycles. The van der Waals surface area contributed by atoms with Crippen LogP contribution in [0, 0.1) is 5.82 Å². The fourth-order valence-corrected chi connectivity index (χ4v) is 2.47. The van der Waals surface area contributed by atoms with Crippen LogP contribution in [-0.2, 0) is 12.7 Å². The molecule has 1 atom stereocenters. The maximum absolute atomic E-state index is 13.2. The van der Waals surface area contributed by atoms with Crippen molar-refractivity contribution < 1.29 is 22.7 Å². The third-order valence-electron chi connectivity index (χ3n) is 2.73. The van der Waals surface area contributed by atoms with Crippen LogP contribution in [-0.4, -0.2) is 29.8 Å². The maximum Gasteiger partial charge on any atom is 0.416 e. The molecular weight excluding hydrogens is 294 g/mol. The maximum atomic E-state index is 13.2. The molecule has 0 bridgehead atoms. The Morgan fingerprint density at radius 1 is 1.30 bits per heavy atom. The number of halogens is 4. The SMILES string of the molecule is CSCC(CCO)NCc1cc(F)cc(C(F)(F)F)c1. The first kappa shape index (κ1) is 17.3. The summed E-state index contributed by atoms with van der Waals surface area (Å²) in [4.78, 5) is 0. The first-order chi connectivity index (χ1) is 9.36. The van der Waals surface area contributed by atoms with Crippen LogP contribution in [0.2, 0.25) is 0 Å². The number of alkyl halides is 3. The molecule has 0 amide bonds. The zero-order valence-corrected chi connectivity index (χ0v) is 11.8. The van der Waals surface area contributed by atoms with Crippen molar-refractivity contribution in [3.05, 3.63) is 35.1 Å². The second-order valence-corrected chi connectivity index (χ2v) is 5.30. The summed E-state index contributed by atoms with van der Waals surface area (Å²) in [6, 6.07) is 2.48. The number of nitrogens with one attached hydrogen (secondary N) is 1. The summed E-state index contributed by atoms with van der Waals surface area (Å²) in [5, 5.41) is 11.9. The standard InChI is InChI=1S/C13H17F4NOS/c1-20-8-12(2-3-19)18-7-9-4-10(13(15,16)17)6-11(14)5-9/h4-6,12,18-19H,2-3,7-8H2,1H3. The van der Waals surface area contributed by atoms with Crippen molar-refractivity contribution in [1.29, 1.82) is 0 Å². The lowest BCUT2D eigenvalue weighted by atomic mass is 10.1. The summed E-state index contributed by atoms with van der Waals surface area (Å²) < 4.78 is 50.9. The lowest BCUT2D eigenvalue weighted by Gasteiger charge is -2.17. The van der Waals surface area contributed by atoms with Crippen LogP contribution >= 0.6 is 11.8 Å². The van der Waals surface area contributed by atoms with E-state index in [1.165, 1.54) is 0 Å². The number of hydrogen-bond acceptors (Lipinski definition) is 3. The molecule has 0 saturated heterocycles. The van der Waals surface area contributed by atoms with Crippen LogP contribution in [0.3, 0.4) is 0 Å². The van der Waals surface area contributed by atoms with Gasteiger partial charge in [-0.1, -0.05) is 0 Å². The molecule has 2 N–H and O–H groups in total. The van der Waals surface area contributed by atoms with Gasteiger partial charge in [-0.05, 0) is 36.4 Å². The van der Waals surface area contributed by atoms with Crippen molar-refractivity contribution in [3.63, 3.8) is 0 Å². The third kappa shape index (κ3) is 5.68.